The van der Waals surface area contributed by atoms with Gasteiger partial charge in [0.15, 0.2) is 0 Å². The molecule has 1 aliphatic heterocycles. The van der Waals surface area contributed by atoms with Crippen molar-refractivity contribution in [3.8, 4) is 6.07 Å². The summed E-state index contributed by atoms with van der Waals surface area (Å²) in [6.45, 7) is 6.57. The summed E-state index contributed by atoms with van der Waals surface area (Å²) in [6.07, 6.45) is 8.60. The van der Waals surface area contributed by atoms with E-state index in [0.717, 1.165) is 19.5 Å². The van der Waals surface area contributed by atoms with Crippen LogP contribution in [0.5, 0.6) is 0 Å². The summed E-state index contributed by atoms with van der Waals surface area (Å²) in [7, 11) is 0. The van der Waals surface area contributed by atoms with Crippen molar-refractivity contribution in [3.05, 3.63) is 0 Å². The molecule has 0 N–H and O–H groups in total. The van der Waals surface area contributed by atoms with Gasteiger partial charge in [-0.05, 0) is 39.3 Å². The molecule has 1 saturated heterocycles. The largest absolute Gasteiger partial charge is 0.286 e. The van der Waals surface area contributed by atoms with Crippen LogP contribution in [0.15, 0.2) is 0 Å². The Labute approximate surface area is 94.3 Å². The molecule has 1 rings (SSSR count). The minimum absolute atomic E-state index is 0.199. The zero-order valence-corrected chi connectivity index (χ0v) is 10.3. The number of hydrogen-bond acceptors (Lipinski definition) is 2. The quantitative estimate of drug-likeness (QED) is 0.648. The molecule has 1 fully saturated rings. The highest BCUT2D eigenvalue weighted by atomic mass is 15.2. The first-order valence-electron chi connectivity index (χ1n) is 6.39. The van der Waals surface area contributed by atoms with Gasteiger partial charge in [-0.1, -0.05) is 32.6 Å². The number of nitrogens with zero attached hydrogens (tertiary/aromatic N) is 2. The Hall–Kier alpha value is -0.550. The highest BCUT2D eigenvalue weighted by molar-refractivity contribution is 5.05. The van der Waals surface area contributed by atoms with E-state index in [1.807, 2.05) is 0 Å². The maximum atomic E-state index is 9.35. The Morgan fingerprint density at radius 2 is 1.87 bits per heavy atom. The smallest absolute Gasteiger partial charge is 0.106 e. The standard InChI is InChI=1S/C13H24N2/c1-3-4-6-9-13(2,12-14)15-10-7-5-8-11-15/h3-11H2,1-2H3. The fourth-order valence-electron chi connectivity index (χ4n) is 2.39. The van der Waals surface area contributed by atoms with Crippen LogP contribution in [0.3, 0.4) is 0 Å². The third kappa shape index (κ3) is 3.50. The van der Waals surface area contributed by atoms with Gasteiger partial charge in [-0.2, -0.15) is 5.26 Å². The first-order chi connectivity index (χ1) is 7.23. The van der Waals surface area contributed by atoms with Gasteiger partial charge in [0.2, 0.25) is 0 Å². The second kappa shape index (κ2) is 6.12. The third-order valence-corrected chi connectivity index (χ3v) is 3.56. The molecule has 0 aromatic heterocycles. The van der Waals surface area contributed by atoms with Crippen molar-refractivity contribution >= 4 is 0 Å². The fourth-order valence-corrected chi connectivity index (χ4v) is 2.39. The van der Waals surface area contributed by atoms with Crippen LogP contribution >= 0.6 is 0 Å². The van der Waals surface area contributed by atoms with E-state index in [4.69, 9.17) is 0 Å². The van der Waals surface area contributed by atoms with Crippen molar-refractivity contribution in [1.29, 1.82) is 5.26 Å². The highest BCUT2D eigenvalue weighted by Crippen LogP contribution is 2.25. The summed E-state index contributed by atoms with van der Waals surface area (Å²) in [4.78, 5) is 2.40. The Morgan fingerprint density at radius 3 is 2.40 bits per heavy atom. The molecule has 0 amide bonds. The van der Waals surface area contributed by atoms with Gasteiger partial charge in [-0.3, -0.25) is 4.90 Å². The number of likely N-dealkylation sites (tertiary alicyclic amines) is 1. The highest BCUT2D eigenvalue weighted by Gasteiger charge is 2.31. The molecule has 1 atom stereocenters. The Kier molecular flexibility index (Phi) is 5.11. The minimum Gasteiger partial charge on any atom is -0.286 e. The van der Waals surface area contributed by atoms with Crippen LogP contribution < -0.4 is 0 Å². The van der Waals surface area contributed by atoms with Gasteiger partial charge >= 0.3 is 0 Å². The van der Waals surface area contributed by atoms with Crippen molar-refractivity contribution in [2.75, 3.05) is 13.1 Å². The van der Waals surface area contributed by atoms with Gasteiger partial charge < -0.3 is 0 Å². The lowest BCUT2D eigenvalue weighted by Gasteiger charge is -2.38. The van der Waals surface area contributed by atoms with Crippen LogP contribution in [-0.4, -0.2) is 23.5 Å². The van der Waals surface area contributed by atoms with E-state index in [2.05, 4.69) is 24.8 Å². The number of nitriles is 1. The average molecular weight is 208 g/mol. The molecule has 2 heteroatoms. The SMILES string of the molecule is CCCCCC(C)(C#N)N1CCCCC1. The van der Waals surface area contributed by atoms with Crippen molar-refractivity contribution in [2.24, 2.45) is 0 Å². The number of rotatable bonds is 5. The fraction of sp³-hybridized carbons (Fsp3) is 0.923. The zero-order chi connectivity index (χ0) is 11.1. The molecule has 0 spiro atoms. The first kappa shape index (κ1) is 12.5. The summed E-state index contributed by atoms with van der Waals surface area (Å²) < 4.78 is 0. The van der Waals surface area contributed by atoms with Crippen LogP contribution in [0, 0.1) is 11.3 Å². The van der Waals surface area contributed by atoms with E-state index in [1.165, 1.54) is 38.5 Å². The van der Waals surface area contributed by atoms with Crippen LogP contribution in [0.1, 0.15) is 58.8 Å². The van der Waals surface area contributed by atoms with Gasteiger partial charge in [0.05, 0.1) is 6.07 Å². The third-order valence-electron chi connectivity index (χ3n) is 3.56. The molecule has 0 radical (unpaired) electrons. The van der Waals surface area contributed by atoms with E-state index in [-0.39, 0.29) is 5.54 Å². The predicted octanol–water partition coefficient (Wildman–Crippen LogP) is 3.33. The van der Waals surface area contributed by atoms with E-state index in [0.29, 0.717) is 0 Å². The van der Waals surface area contributed by atoms with Crippen molar-refractivity contribution in [1.82, 2.24) is 4.90 Å². The summed E-state index contributed by atoms with van der Waals surface area (Å²) >= 11 is 0. The van der Waals surface area contributed by atoms with Gasteiger partial charge in [0, 0.05) is 0 Å². The van der Waals surface area contributed by atoms with Crippen LogP contribution in [0.25, 0.3) is 0 Å². The molecule has 0 aromatic carbocycles. The Bertz CT molecular complexity index is 213. The van der Waals surface area contributed by atoms with Gasteiger partial charge in [0.25, 0.3) is 0 Å². The second-order valence-electron chi connectivity index (χ2n) is 4.89. The Morgan fingerprint density at radius 1 is 1.20 bits per heavy atom. The number of piperidine rings is 1. The van der Waals surface area contributed by atoms with Crippen molar-refractivity contribution in [2.45, 2.75) is 64.3 Å². The van der Waals surface area contributed by atoms with Crippen LogP contribution in [0.2, 0.25) is 0 Å². The molecule has 1 heterocycles. The van der Waals surface area contributed by atoms with Crippen LogP contribution in [-0.2, 0) is 0 Å². The topological polar surface area (TPSA) is 27.0 Å². The molecule has 0 bridgehead atoms. The van der Waals surface area contributed by atoms with E-state index >= 15 is 0 Å². The molecule has 0 saturated carbocycles. The maximum absolute atomic E-state index is 9.35. The van der Waals surface area contributed by atoms with E-state index in [9.17, 15) is 5.26 Å². The molecular formula is C13H24N2. The van der Waals surface area contributed by atoms with Crippen molar-refractivity contribution < 1.29 is 0 Å². The molecule has 1 aliphatic rings. The summed E-state index contributed by atoms with van der Waals surface area (Å²) in [5.74, 6) is 0. The molecule has 0 aromatic rings. The summed E-state index contributed by atoms with van der Waals surface area (Å²) in [6, 6.07) is 2.53. The predicted molar refractivity (Wildman–Crippen MR) is 63.6 cm³/mol. The number of unbranched alkanes of at least 4 members (excludes halogenated alkanes) is 2. The van der Waals surface area contributed by atoms with E-state index < -0.39 is 0 Å². The maximum Gasteiger partial charge on any atom is 0.106 e. The molecule has 1 unspecified atom stereocenters. The molecular weight excluding hydrogens is 184 g/mol. The minimum atomic E-state index is -0.199. The van der Waals surface area contributed by atoms with E-state index in [1.54, 1.807) is 0 Å². The average Bonchev–Trinajstić information content (AvgIpc) is 2.30. The summed E-state index contributed by atoms with van der Waals surface area (Å²) in [5, 5.41) is 9.35. The molecule has 15 heavy (non-hydrogen) atoms. The molecule has 0 aliphatic carbocycles. The van der Waals surface area contributed by atoms with Gasteiger partial charge in [-0.25, -0.2) is 0 Å². The van der Waals surface area contributed by atoms with Gasteiger partial charge in [0.1, 0.15) is 5.54 Å². The number of hydrogen-bond donors (Lipinski definition) is 0. The van der Waals surface area contributed by atoms with Crippen LogP contribution in [0.4, 0.5) is 0 Å². The first-order valence-corrected chi connectivity index (χ1v) is 6.39. The van der Waals surface area contributed by atoms with Crippen molar-refractivity contribution in [3.63, 3.8) is 0 Å². The van der Waals surface area contributed by atoms with Gasteiger partial charge in [-0.15, -0.1) is 0 Å². The lowest BCUT2D eigenvalue weighted by atomic mass is 9.92. The molecule has 86 valence electrons. The summed E-state index contributed by atoms with van der Waals surface area (Å²) in [5.41, 5.74) is -0.199. The monoisotopic (exact) mass is 208 g/mol. The second-order valence-corrected chi connectivity index (χ2v) is 4.89. The zero-order valence-electron chi connectivity index (χ0n) is 10.3. The lowest BCUT2D eigenvalue weighted by Crippen LogP contribution is -2.47. The normalized spacial score (nSPS) is 21.9. The lowest BCUT2D eigenvalue weighted by molar-refractivity contribution is 0.114. The Balaban J connectivity index is 2.46. The molecule has 2 nitrogen and oxygen atoms in total.